The molecule has 6 heterocycles. The van der Waals surface area contributed by atoms with Gasteiger partial charge in [-0.1, -0.05) is 64.2 Å². The van der Waals surface area contributed by atoms with Gasteiger partial charge >= 0.3 is 18.1 Å². The fourth-order valence-electron chi connectivity index (χ4n) is 9.91. The van der Waals surface area contributed by atoms with Gasteiger partial charge in [0.1, 0.15) is 35.2 Å². The first kappa shape index (κ1) is 43.2. The lowest BCUT2D eigenvalue weighted by Gasteiger charge is -2.41. The van der Waals surface area contributed by atoms with Gasteiger partial charge in [0.15, 0.2) is 5.82 Å². The Morgan fingerprint density at radius 1 is 1.02 bits per heavy atom. The van der Waals surface area contributed by atoms with Crippen LogP contribution in [0.25, 0.3) is 39.0 Å². The SMILES string of the molecule is C=Cc1c(F)ccc2cc(O)cc(-c3ncc4c(N5CC6CCC(C5)N6C(=O)OCOC(=O)CCCCCCCCC)nc(OC[C@@]56CCCN5CC(=C(F)F)C6)nc4c3F)c12. The monoisotopic (exact) mass is 860 g/mol. The highest BCUT2D eigenvalue weighted by Crippen LogP contribution is 2.44. The van der Waals surface area contributed by atoms with Gasteiger partial charge < -0.3 is 24.2 Å². The van der Waals surface area contributed by atoms with Gasteiger partial charge in [0.2, 0.25) is 6.79 Å². The number of phenolic OH excluding ortho intramolecular Hbond substituents is 1. The molecule has 4 fully saturated rings. The summed E-state index contributed by atoms with van der Waals surface area (Å²) in [4.78, 5) is 45.1. The molecule has 8 rings (SSSR count). The number of ether oxygens (including phenoxy) is 3. The number of piperazine rings is 1. The molecular weight excluding hydrogens is 809 g/mol. The zero-order valence-corrected chi connectivity index (χ0v) is 34.9. The van der Waals surface area contributed by atoms with Crippen LogP contribution in [0.2, 0.25) is 0 Å². The van der Waals surface area contributed by atoms with Crippen molar-refractivity contribution in [3.63, 3.8) is 0 Å². The predicted molar refractivity (Wildman–Crippen MR) is 226 cm³/mol. The second kappa shape index (κ2) is 18.5. The highest BCUT2D eigenvalue weighted by molar-refractivity contribution is 6.04. The number of carbonyl (C=O) groups is 2. The van der Waals surface area contributed by atoms with Gasteiger partial charge in [-0.15, -0.1) is 0 Å². The number of halogens is 4. The van der Waals surface area contributed by atoms with E-state index in [1.165, 1.54) is 55.8 Å². The Hall–Kier alpha value is -5.51. The van der Waals surface area contributed by atoms with Crippen molar-refractivity contribution < 1.29 is 46.5 Å². The average Bonchev–Trinajstić information content (AvgIpc) is 3.90. The predicted octanol–water partition coefficient (Wildman–Crippen LogP) is 9.67. The molecule has 4 saturated heterocycles. The van der Waals surface area contributed by atoms with Crippen LogP contribution in [0.5, 0.6) is 11.8 Å². The minimum atomic E-state index is -1.69. The molecule has 12 nitrogen and oxygen atoms in total. The first-order valence-corrected chi connectivity index (χ1v) is 21.7. The molecule has 1 amide bonds. The Bertz CT molecular complexity index is 2380. The summed E-state index contributed by atoms with van der Waals surface area (Å²) in [5.74, 6) is -1.77. The summed E-state index contributed by atoms with van der Waals surface area (Å²) in [6.07, 6.45) is 11.1. The number of rotatable bonds is 16. The number of nitrogens with zero attached hydrogens (tertiary/aromatic N) is 6. The van der Waals surface area contributed by atoms with Crippen LogP contribution in [0.1, 0.15) is 96.0 Å². The molecule has 4 aromatic rings. The van der Waals surface area contributed by atoms with E-state index in [2.05, 4.69) is 23.5 Å². The molecule has 4 aliphatic heterocycles. The fraction of sp³-hybridized carbons (Fsp3) is 0.500. The minimum absolute atomic E-state index is 0.0120. The highest BCUT2D eigenvalue weighted by Gasteiger charge is 2.49. The maximum Gasteiger partial charge on any atom is 0.413 e. The smallest absolute Gasteiger partial charge is 0.413 e. The molecule has 2 aromatic carbocycles. The van der Waals surface area contributed by atoms with Gasteiger partial charge in [-0.3, -0.25) is 19.6 Å². The van der Waals surface area contributed by atoms with E-state index >= 15 is 8.78 Å². The molecule has 4 aliphatic rings. The normalized spacial score (nSPS) is 20.9. The van der Waals surface area contributed by atoms with Crippen LogP contribution in [-0.4, -0.2) is 99.1 Å². The maximum atomic E-state index is 17.2. The lowest BCUT2D eigenvalue weighted by atomic mass is 9.94. The Morgan fingerprint density at radius 3 is 2.52 bits per heavy atom. The topological polar surface area (TPSA) is 130 Å². The first-order valence-electron chi connectivity index (χ1n) is 21.7. The number of esters is 1. The second-order valence-electron chi connectivity index (χ2n) is 17.0. The summed E-state index contributed by atoms with van der Waals surface area (Å²) in [5, 5.41) is 11.7. The van der Waals surface area contributed by atoms with E-state index in [9.17, 15) is 23.5 Å². The van der Waals surface area contributed by atoms with Gasteiger partial charge in [-0.05, 0) is 68.7 Å². The van der Waals surface area contributed by atoms with Crippen molar-refractivity contribution in [3.8, 4) is 23.0 Å². The molecule has 0 radical (unpaired) electrons. The number of pyridine rings is 1. The number of carbonyl (C=O) groups excluding carboxylic acids is 2. The minimum Gasteiger partial charge on any atom is -0.508 e. The number of hydrogen-bond donors (Lipinski definition) is 1. The van der Waals surface area contributed by atoms with Crippen LogP contribution >= 0.6 is 0 Å². The maximum absolute atomic E-state index is 17.2. The second-order valence-corrected chi connectivity index (χ2v) is 17.0. The molecule has 0 spiro atoms. The van der Waals surface area contributed by atoms with Crippen molar-refractivity contribution in [1.82, 2.24) is 24.8 Å². The molecule has 0 aliphatic carbocycles. The van der Waals surface area contributed by atoms with E-state index in [1.54, 1.807) is 4.90 Å². The van der Waals surface area contributed by atoms with Crippen LogP contribution in [0.15, 0.2) is 48.7 Å². The number of anilines is 1. The summed E-state index contributed by atoms with van der Waals surface area (Å²) in [6, 6.07) is 4.67. The first-order chi connectivity index (χ1) is 30.0. The van der Waals surface area contributed by atoms with Crippen LogP contribution < -0.4 is 9.64 Å². The number of phenols is 1. The molecule has 2 bridgehead atoms. The lowest BCUT2D eigenvalue weighted by molar-refractivity contribution is -0.152. The third-order valence-electron chi connectivity index (χ3n) is 13.0. The molecule has 0 saturated carbocycles. The molecular formula is C46H52F4N6O6. The number of amides is 1. The third kappa shape index (κ3) is 8.62. The van der Waals surface area contributed by atoms with Gasteiger partial charge in [-0.2, -0.15) is 18.7 Å². The summed E-state index contributed by atoms with van der Waals surface area (Å²) in [7, 11) is 0. The van der Waals surface area contributed by atoms with Crippen LogP contribution in [0, 0.1) is 11.6 Å². The molecule has 16 heteroatoms. The quantitative estimate of drug-likeness (QED) is 0.0500. The van der Waals surface area contributed by atoms with Crippen LogP contribution in [0.4, 0.5) is 28.2 Å². The van der Waals surface area contributed by atoms with Crippen LogP contribution in [-0.2, 0) is 14.3 Å². The van der Waals surface area contributed by atoms with E-state index < -0.39 is 42.1 Å². The molecule has 3 atom stereocenters. The van der Waals surface area contributed by atoms with E-state index in [0.717, 1.165) is 32.1 Å². The standard InChI is InChI=1S/C46H52F4N6O6/c1-3-5-6-7-8-9-10-12-37(58)61-27-62-45(59)56-30-14-15-31(56)25-54(24-30)43-35-22-51-40(34-20-32(57)19-28-13-16-36(47)33(4-2)38(28)34)39(48)41(35)52-44(53-43)60-26-46-17-11-18-55(46)23-29(21-46)42(49)50/h4,13,16,19-20,22,30-31,57H,2-3,5-12,14-15,17-18,21,23-27H2,1H3/t30?,31?,46-/m0/s1. The largest absolute Gasteiger partial charge is 0.508 e. The molecule has 2 aromatic heterocycles. The van der Waals surface area contributed by atoms with Crippen molar-refractivity contribution in [2.24, 2.45) is 0 Å². The zero-order chi connectivity index (χ0) is 43.5. The van der Waals surface area contributed by atoms with E-state index in [1.807, 2.05) is 9.80 Å². The fourth-order valence-corrected chi connectivity index (χ4v) is 9.91. The van der Waals surface area contributed by atoms with E-state index in [4.69, 9.17) is 19.2 Å². The van der Waals surface area contributed by atoms with Crippen molar-refractivity contribution in [2.45, 2.75) is 108 Å². The molecule has 330 valence electrons. The Morgan fingerprint density at radius 2 is 1.77 bits per heavy atom. The Balaban J connectivity index is 1.05. The van der Waals surface area contributed by atoms with Crippen molar-refractivity contribution in [3.05, 3.63) is 65.9 Å². The van der Waals surface area contributed by atoms with Gasteiger partial charge in [0, 0.05) is 54.3 Å². The average molecular weight is 861 g/mol. The van der Waals surface area contributed by atoms with Gasteiger partial charge in [0.05, 0.1) is 23.0 Å². The Kier molecular flexibility index (Phi) is 12.8. The summed E-state index contributed by atoms with van der Waals surface area (Å²) >= 11 is 0. The zero-order valence-electron chi connectivity index (χ0n) is 34.9. The third-order valence-corrected chi connectivity index (χ3v) is 13.0. The molecule has 2 unspecified atom stereocenters. The number of benzene rings is 2. The number of fused-ring (bicyclic) bond motifs is 5. The highest BCUT2D eigenvalue weighted by atomic mass is 19.3. The lowest BCUT2D eigenvalue weighted by Crippen LogP contribution is -2.56. The van der Waals surface area contributed by atoms with Crippen molar-refractivity contribution in [1.29, 1.82) is 0 Å². The number of unbranched alkanes of at least 4 members (excludes halogenated alkanes) is 6. The Labute approximate surface area is 357 Å². The van der Waals surface area contributed by atoms with Crippen LogP contribution in [0.3, 0.4) is 0 Å². The number of hydrogen-bond acceptors (Lipinski definition) is 11. The molecule has 62 heavy (non-hydrogen) atoms. The van der Waals surface area contributed by atoms with Gasteiger partial charge in [0.25, 0.3) is 6.08 Å². The summed E-state index contributed by atoms with van der Waals surface area (Å²) in [5.41, 5.74) is -0.768. The summed E-state index contributed by atoms with van der Waals surface area (Å²) in [6.45, 7) is 6.78. The van der Waals surface area contributed by atoms with E-state index in [-0.39, 0.29) is 83.1 Å². The van der Waals surface area contributed by atoms with Crippen molar-refractivity contribution in [2.75, 3.05) is 44.5 Å². The summed E-state index contributed by atoms with van der Waals surface area (Å²) < 4.78 is 76.8. The van der Waals surface area contributed by atoms with E-state index in [0.29, 0.717) is 55.5 Å². The number of aromatic hydroxyl groups is 1. The van der Waals surface area contributed by atoms with Gasteiger partial charge in [-0.25, -0.2) is 13.6 Å². The number of aromatic nitrogens is 3. The molecule has 1 N–H and O–H groups in total. The van der Waals surface area contributed by atoms with Crippen molar-refractivity contribution >= 4 is 45.6 Å².